The first-order chi connectivity index (χ1) is 17.8. The minimum Gasteiger partial charge on any atom is -0.550 e. The molecule has 1 aliphatic heterocycles. The van der Waals surface area contributed by atoms with E-state index >= 15 is 0 Å². The van der Waals surface area contributed by atoms with Crippen LogP contribution in [0.3, 0.4) is 0 Å². The number of rotatable bonds is 6. The van der Waals surface area contributed by atoms with E-state index in [1.54, 1.807) is 25.3 Å². The van der Waals surface area contributed by atoms with Gasteiger partial charge in [-0.1, -0.05) is 72.8 Å². The van der Waals surface area contributed by atoms with Gasteiger partial charge in [0.05, 0.1) is 18.5 Å². The van der Waals surface area contributed by atoms with Crippen LogP contribution in [0, 0.1) is 5.92 Å². The van der Waals surface area contributed by atoms with Gasteiger partial charge in [0.15, 0.2) is 0 Å². The molecule has 0 bridgehead atoms. The highest BCUT2D eigenvalue weighted by atomic mass is 35.5. The highest BCUT2D eigenvalue weighted by Gasteiger charge is 2.39. The normalized spacial score (nSPS) is 17.3. The van der Waals surface area contributed by atoms with Crippen LogP contribution >= 0.6 is 23.2 Å². The van der Waals surface area contributed by atoms with Crippen molar-refractivity contribution in [1.29, 1.82) is 0 Å². The topological polar surface area (TPSA) is 97.3 Å². The summed E-state index contributed by atoms with van der Waals surface area (Å²) in [6, 6.07) is 26.6. The number of carbonyl (C=O) groups excluding carboxylic acids is 2. The maximum atomic E-state index is 12.4. The first kappa shape index (κ1) is 29.9. The van der Waals surface area contributed by atoms with Crippen molar-refractivity contribution in [2.45, 2.75) is 25.4 Å². The number of nitrogens with zero attached hydrogens (tertiary/aromatic N) is 1. The highest BCUT2D eigenvalue weighted by molar-refractivity contribution is 6.40. The van der Waals surface area contributed by atoms with Crippen LogP contribution in [0.1, 0.15) is 30.5 Å². The molecule has 0 spiro atoms. The predicted molar refractivity (Wildman–Crippen MR) is 147 cm³/mol. The third kappa shape index (κ3) is 9.25. The molecule has 1 fully saturated rings. The van der Waals surface area contributed by atoms with E-state index in [2.05, 4.69) is 24.8 Å². The Bertz CT molecular complexity index is 1120. The zero-order valence-corrected chi connectivity index (χ0v) is 22.4. The number of hydrogen-bond acceptors (Lipinski definition) is 4. The molecule has 37 heavy (non-hydrogen) atoms. The molecule has 3 N–H and O–H groups in total. The van der Waals surface area contributed by atoms with Crippen LogP contribution < -0.4 is 20.5 Å². The molecule has 6 nitrogen and oxygen atoms in total. The highest BCUT2D eigenvalue weighted by Crippen LogP contribution is 2.32. The van der Waals surface area contributed by atoms with E-state index in [1.807, 2.05) is 66.7 Å². The van der Waals surface area contributed by atoms with Crippen LogP contribution in [0.4, 0.5) is 5.69 Å². The number of carboxylic acid groups (broad SMARTS) is 1. The fourth-order valence-corrected chi connectivity index (χ4v) is 3.81. The second-order valence-electron chi connectivity index (χ2n) is 8.26. The summed E-state index contributed by atoms with van der Waals surface area (Å²) in [6.07, 6.45) is 3.50. The first-order valence-corrected chi connectivity index (χ1v) is 12.8. The Labute approximate surface area is 228 Å². The third-order valence-electron chi connectivity index (χ3n) is 5.68. The van der Waals surface area contributed by atoms with Gasteiger partial charge in [0.25, 0.3) is 0 Å². The second-order valence-corrected chi connectivity index (χ2v) is 9.07. The summed E-state index contributed by atoms with van der Waals surface area (Å²) in [6.45, 7) is 2.09. The standard InChI is InChI=1S/C20H19NO4.C8H11N.CH2Cl2/c1-25-16-10-7-14(8-11-16)9-12-18-17(20(23)24)13-19(22)21(18)15-5-3-2-4-6-15;1-7(9)8-5-3-2-4-6-8;2-1-3/h2-12,17-18H,13H2,1H3,(H,23,24);2-7H,9H2,1H3;1H2/b12-9+;;/t17-,18+;7-;/m10./s1. The van der Waals surface area contributed by atoms with Gasteiger partial charge in [-0.15, -0.1) is 23.2 Å². The van der Waals surface area contributed by atoms with Crippen molar-refractivity contribution in [3.05, 3.63) is 102 Å². The van der Waals surface area contributed by atoms with E-state index in [9.17, 15) is 14.7 Å². The Balaban J connectivity index is 0.000000333. The molecule has 0 aliphatic carbocycles. The minimum atomic E-state index is -1.21. The van der Waals surface area contributed by atoms with Crippen LogP contribution in [0.5, 0.6) is 5.75 Å². The fourth-order valence-electron chi connectivity index (χ4n) is 3.81. The maximum Gasteiger partial charge on any atom is 0.228 e. The summed E-state index contributed by atoms with van der Waals surface area (Å²) in [5, 5.41) is 11.7. The van der Waals surface area contributed by atoms with Crippen molar-refractivity contribution < 1.29 is 25.2 Å². The molecule has 3 aromatic rings. The lowest BCUT2D eigenvalue weighted by Gasteiger charge is -2.26. The van der Waals surface area contributed by atoms with Crippen molar-refractivity contribution in [3.8, 4) is 5.75 Å². The van der Waals surface area contributed by atoms with Crippen molar-refractivity contribution >= 4 is 46.8 Å². The molecule has 1 saturated heterocycles. The van der Waals surface area contributed by atoms with Gasteiger partial charge in [0.2, 0.25) is 5.91 Å². The number of carbonyl (C=O) groups is 2. The smallest absolute Gasteiger partial charge is 0.228 e. The van der Waals surface area contributed by atoms with Gasteiger partial charge in [-0.3, -0.25) is 4.79 Å². The molecule has 3 atom stereocenters. The lowest BCUT2D eigenvalue weighted by atomic mass is 9.99. The summed E-state index contributed by atoms with van der Waals surface area (Å²) in [5.74, 6) is -1.56. The lowest BCUT2D eigenvalue weighted by molar-refractivity contribution is -0.420. The zero-order chi connectivity index (χ0) is 27.2. The van der Waals surface area contributed by atoms with E-state index in [-0.39, 0.29) is 17.7 Å². The summed E-state index contributed by atoms with van der Waals surface area (Å²) < 4.78 is 5.12. The van der Waals surface area contributed by atoms with E-state index in [0.29, 0.717) is 11.7 Å². The van der Waals surface area contributed by atoms with Crippen molar-refractivity contribution in [3.63, 3.8) is 0 Å². The number of alkyl halides is 2. The molecular weight excluding hydrogens is 511 g/mol. The fraction of sp³-hybridized carbons (Fsp3) is 0.241. The molecule has 1 amide bonds. The number of aliphatic carboxylic acids is 1. The van der Waals surface area contributed by atoms with Crippen molar-refractivity contribution in [1.82, 2.24) is 0 Å². The number of anilines is 1. The van der Waals surface area contributed by atoms with E-state index in [4.69, 9.17) is 27.9 Å². The second kappa shape index (κ2) is 15.7. The average Bonchev–Trinajstić information content (AvgIpc) is 3.26. The van der Waals surface area contributed by atoms with E-state index in [1.165, 1.54) is 10.5 Å². The Hall–Kier alpha value is -3.32. The van der Waals surface area contributed by atoms with Crippen LogP contribution in [0.2, 0.25) is 0 Å². The molecule has 3 aromatic carbocycles. The van der Waals surface area contributed by atoms with Crippen LogP contribution in [0.25, 0.3) is 6.08 Å². The summed E-state index contributed by atoms with van der Waals surface area (Å²) in [5.41, 5.74) is 6.79. The molecule has 4 rings (SSSR count). The minimum absolute atomic E-state index is 0.0607. The SMILES string of the molecule is COc1ccc(/C=C/[C@H]2[C@H](C(=O)[O-])CC(=O)N2c2ccccc2)cc1.C[C@H]([NH3+])c1ccccc1.ClCCl. The number of benzene rings is 3. The molecule has 1 aliphatic rings. The lowest BCUT2D eigenvalue weighted by Crippen LogP contribution is -2.51. The quantitative estimate of drug-likeness (QED) is 0.469. The molecule has 0 radical (unpaired) electrons. The number of quaternary nitrogens is 1. The van der Waals surface area contributed by atoms with Gasteiger partial charge in [0, 0.05) is 29.6 Å². The number of halogens is 2. The maximum absolute atomic E-state index is 12.4. The molecule has 196 valence electrons. The van der Waals surface area contributed by atoms with Gasteiger partial charge in [-0.25, -0.2) is 0 Å². The Morgan fingerprint density at radius 1 is 1.05 bits per heavy atom. The molecular formula is C29H32Cl2N2O4. The number of ether oxygens (including phenoxy) is 1. The molecule has 0 unspecified atom stereocenters. The van der Waals surface area contributed by atoms with Crippen molar-refractivity contribution in [2.24, 2.45) is 5.92 Å². The molecule has 1 heterocycles. The molecule has 0 aromatic heterocycles. The Kier molecular flexibility index (Phi) is 12.7. The summed E-state index contributed by atoms with van der Waals surface area (Å²) in [4.78, 5) is 25.4. The van der Waals surface area contributed by atoms with Crippen LogP contribution in [0.15, 0.2) is 91.0 Å². The van der Waals surface area contributed by atoms with Crippen LogP contribution in [-0.2, 0) is 9.59 Å². The summed E-state index contributed by atoms with van der Waals surface area (Å²) in [7, 11) is 1.59. The zero-order valence-electron chi connectivity index (χ0n) is 20.9. The Morgan fingerprint density at radius 2 is 1.59 bits per heavy atom. The van der Waals surface area contributed by atoms with Crippen molar-refractivity contribution in [2.75, 3.05) is 17.3 Å². The molecule has 8 heteroatoms. The first-order valence-electron chi connectivity index (χ1n) is 11.7. The number of methoxy groups -OCH3 is 1. The summed E-state index contributed by atoms with van der Waals surface area (Å²) >= 11 is 9.53. The van der Waals surface area contributed by atoms with Gasteiger partial charge < -0.3 is 25.3 Å². The Morgan fingerprint density at radius 3 is 2.05 bits per heavy atom. The number of carboxylic acids is 1. The van der Waals surface area contributed by atoms with E-state index < -0.39 is 17.9 Å². The van der Waals surface area contributed by atoms with Gasteiger partial charge in [0.1, 0.15) is 11.8 Å². The predicted octanol–water partition coefficient (Wildman–Crippen LogP) is 4.29. The third-order valence-corrected chi connectivity index (χ3v) is 5.68. The number of para-hydroxylation sites is 1. The van der Waals surface area contributed by atoms with E-state index in [0.717, 1.165) is 11.3 Å². The number of hydrogen-bond donors (Lipinski definition) is 1. The van der Waals surface area contributed by atoms with Gasteiger partial charge >= 0.3 is 0 Å². The largest absolute Gasteiger partial charge is 0.550 e. The van der Waals surface area contributed by atoms with Gasteiger partial charge in [-0.2, -0.15) is 0 Å². The number of amides is 1. The van der Waals surface area contributed by atoms with Crippen LogP contribution in [-0.4, -0.2) is 30.4 Å². The monoisotopic (exact) mass is 542 g/mol. The molecule has 0 saturated carbocycles. The van der Waals surface area contributed by atoms with Gasteiger partial charge in [-0.05, 0) is 36.8 Å². The average molecular weight is 543 g/mol.